The van der Waals surface area contributed by atoms with Crippen LogP contribution in [-0.4, -0.2) is 49.3 Å². The number of nitrogens with two attached hydrogens (primary N) is 1. The zero-order chi connectivity index (χ0) is 15.1. The quantitative estimate of drug-likeness (QED) is 0.703. The number of hydrogen-bond donors (Lipinski definition) is 2. The Hall–Kier alpha value is -2.74. The molecule has 0 amide bonds. The van der Waals surface area contributed by atoms with Crippen molar-refractivity contribution in [3.05, 3.63) is 30.5 Å². The third-order valence-corrected chi connectivity index (χ3v) is 3.83. The van der Waals surface area contributed by atoms with Crippen molar-refractivity contribution >= 4 is 22.8 Å². The molecule has 1 unspecified atom stereocenters. The van der Waals surface area contributed by atoms with Crippen LogP contribution in [-0.2, 0) is 0 Å². The van der Waals surface area contributed by atoms with E-state index in [4.69, 9.17) is 5.73 Å². The molecule has 1 aromatic carbocycles. The number of aliphatic hydroxyl groups is 1. The van der Waals surface area contributed by atoms with E-state index in [2.05, 4.69) is 25.2 Å². The molecule has 0 aliphatic carbocycles. The van der Waals surface area contributed by atoms with E-state index in [0.29, 0.717) is 17.7 Å². The van der Waals surface area contributed by atoms with Crippen LogP contribution in [0, 0.1) is 0 Å². The van der Waals surface area contributed by atoms with Crippen LogP contribution in [0.3, 0.4) is 0 Å². The Kier molecular flexibility index (Phi) is 2.90. The van der Waals surface area contributed by atoms with Crippen molar-refractivity contribution in [2.45, 2.75) is 12.5 Å². The molecule has 3 aromatic rings. The van der Waals surface area contributed by atoms with Gasteiger partial charge in [-0.25, -0.2) is 4.98 Å². The van der Waals surface area contributed by atoms with Gasteiger partial charge in [-0.3, -0.25) is 0 Å². The van der Waals surface area contributed by atoms with Gasteiger partial charge in [-0.15, -0.1) is 5.10 Å². The molecule has 8 heteroatoms. The van der Waals surface area contributed by atoms with Crippen LogP contribution < -0.4 is 10.6 Å². The highest BCUT2D eigenvalue weighted by Crippen LogP contribution is 2.22. The SMILES string of the molecule is Nc1ncc2nnn(-c3ccc(N4CCC(O)C4)cc3)c2n1. The third-order valence-electron chi connectivity index (χ3n) is 3.83. The number of rotatable bonds is 2. The lowest BCUT2D eigenvalue weighted by molar-refractivity contribution is 0.198. The van der Waals surface area contributed by atoms with Crippen LogP contribution in [0.2, 0.25) is 0 Å². The summed E-state index contributed by atoms with van der Waals surface area (Å²) in [6, 6.07) is 7.91. The number of aromatic nitrogens is 5. The van der Waals surface area contributed by atoms with Crippen LogP contribution in [0.15, 0.2) is 30.5 Å². The van der Waals surface area contributed by atoms with Gasteiger partial charge in [-0.1, -0.05) is 5.21 Å². The summed E-state index contributed by atoms with van der Waals surface area (Å²) >= 11 is 0. The summed E-state index contributed by atoms with van der Waals surface area (Å²) in [5.41, 5.74) is 8.74. The van der Waals surface area contributed by atoms with Crippen molar-refractivity contribution in [3.63, 3.8) is 0 Å². The lowest BCUT2D eigenvalue weighted by atomic mass is 10.2. The first-order valence-electron chi connectivity index (χ1n) is 7.08. The topological polar surface area (TPSA) is 106 Å². The van der Waals surface area contributed by atoms with E-state index in [1.165, 1.54) is 0 Å². The normalized spacial score (nSPS) is 18.2. The van der Waals surface area contributed by atoms with Crippen LogP contribution in [0.1, 0.15) is 6.42 Å². The second-order valence-electron chi connectivity index (χ2n) is 5.34. The zero-order valence-corrected chi connectivity index (χ0v) is 11.8. The molecule has 3 N–H and O–H groups in total. The number of anilines is 2. The third kappa shape index (κ3) is 2.13. The van der Waals surface area contributed by atoms with Crippen molar-refractivity contribution in [2.75, 3.05) is 23.7 Å². The van der Waals surface area contributed by atoms with Crippen LogP contribution in [0.25, 0.3) is 16.9 Å². The van der Waals surface area contributed by atoms with Crippen molar-refractivity contribution in [1.82, 2.24) is 25.0 Å². The van der Waals surface area contributed by atoms with Gasteiger partial charge in [0.1, 0.15) is 0 Å². The van der Waals surface area contributed by atoms with Crippen molar-refractivity contribution in [1.29, 1.82) is 0 Å². The number of β-amino-alcohol motifs (C(OH)–C–C–N with tert-alkyl or cyclic N) is 1. The fourth-order valence-corrected chi connectivity index (χ4v) is 2.70. The standard InChI is InChI=1S/C14H15N7O/c15-14-16-7-12-13(17-14)21(19-18-12)10-3-1-9(2-4-10)20-6-5-11(22)8-20/h1-4,7,11,22H,5-6,8H2,(H2,15,16,17). The minimum atomic E-state index is -0.237. The molecule has 112 valence electrons. The Labute approximate surface area is 126 Å². The maximum absolute atomic E-state index is 9.62. The van der Waals surface area contributed by atoms with E-state index in [0.717, 1.165) is 24.3 Å². The van der Waals surface area contributed by atoms with E-state index >= 15 is 0 Å². The minimum absolute atomic E-state index is 0.193. The van der Waals surface area contributed by atoms with Crippen LogP contribution in [0.4, 0.5) is 11.6 Å². The Morgan fingerprint density at radius 3 is 2.68 bits per heavy atom. The summed E-state index contributed by atoms with van der Waals surface area (Å²) in [4.78, 5) is 10.3. The van der Waals surface area contributed by atoms with Crippen molar-refractivity contribution in [3.8, 4) is 5.69 Å². The summed E-state index contributed by atoms with van der Waals surface area (Å²) in [5, 5.41) is 17.8. The second-order valence-corrected chi connectivity index (χ2v) is 5.34. The maximum Gasteiger partial charge on any atom is 0.222 e. The lowest BCUT2D eigenvalue weighted by Gasteiger charge is -2.17. The molecule has 1 fully saturated rings. The van der Waals surface area contributed by atoms with Gasteiger partial charge in [0.2, 0.25) is 5.95 Å². The largest absolute Gasteiger partial charge is 0.391 e. The first-order chi connectivity index (χ1) is 10.7. The predicted molar refractivity (Wildman–Crippen MR) is 81.7 cm³/mol. The molecule has 1 aliphatic rings. The smallest absolute Gasteiger partial charge is 0.222 e. The van der Waals surface area contributed by atoms with Gasteiger partial charge in [-0.2, -0.15) is 9.67 Å². The maximum atomic E-state index is 9.62. The van der Waals surface area contributed by atoms with Gasteiger partial charge in [0.05, 0.1) is 18.0 Å². The van der Waals surface area contributed by atoms with Crippen LogP contribution >= 0.6 is 0 Å². The molecular formula is C14H15N7O. The minimum Gasteiger partial charge on any atom is -0.391 e. The van der Waals surface area contributed by atoms with E-state index in [1.807, 2.05) is 24.3 Å². The van der Waals surface area contributed by atoms with Gasteiger partial charge in [-0.05, 0) is 30.7 Å². The number of aliphatic hydroxyl groups excluding tert-OH is 1. The molecule has 22 heavy (non-hydrogen) atoms. The fraction of sp³-hybridized carbons (Fsp3) is 0.286. The van der Waals surface area contributed by atoms with Crippen molar-refractivity contribution < 1.29 is 5.11 Å². The fourth-order valence-electron chi connectivity index (χ4n) is 2.70. The monoisotopic (exact) mass is 297 g/mol. The molecule has 3 heterocycles. The Morgan fingerprint density at radius 1 is 1.18 bits per heavy atom. The number of nitrogen functional groups attached to an aromatic ring is 1. The average molecular weight is 297 g/mol. The number of fused-ring (bicyclic) bond motifs is 1. The summed E-state index contributed by atoms with van der Waals surface area (Å²) in [7, 11) is 0. The molecule has 1 atom stereocenters. The molecule has 0 bridgehead atoms. The molecule has 0 spiro atoms. The summed E-state index contributed by atoms with van der Waals surface area (Å²) in [6.07, 6.45) is 2.13. The molecule has 2 aromatic heterocycles. The van der Waals surface area contributed by atoms with Gasteiger partial charge >= 0.3 is 0 Å². The number of hydrogen-bond acceptors (Lipinski definition) is 7. The van der Waals surface area contributed by atoms with Gasteiger partial charge < -0.3 is 15.7 Å². The highest BCUT2D eigenvalue weighted by Gasteiger charge is 2.20. The second kappa shape index (κ2) is 4.92. The average Bonchev–Trinajstić information content (AvgIpc) is 3.13. The predicted octanol–water partition coefficient (Wildman–Crippen LogP) is 0.364. The summed E-state index contributed by atoms with van der Waals surface area (Å²) in [5.74, 6) is 0.193. The van der Waals surface area contributed by atoms with E-state index in [-0.39, 0.29) is 12.1 Å². The number of nitrogens with zero attached hydrogens (tertiary/aromatic N) is 6. The zero-order valence-electron chi connectivity index (χ0n) is 11.8. The van der Waals surface area contributed by atoms with E-state index in [1.54, 1.807) is 10.9 Å². The molecule has 0 saturated carbocycles. The summed E-state index contributed by atoms with van der Waals surface area (Å²) in [6.45, 7) is 1.55. The molecule has 4 rings (SSSR count). The van der Waals surface area contributed by atoms with Gasteiger partial charge in [0, 0.05) is 18.8 Å². The van der Waals surface area contributed by atoms with Crippen LogP contribution in [0.5, 0.6) is 0 Å². The van der Waals surface area contributed by atoms with Gasteiger partial charge in [0.25, 0.3) is 0 Å². The molecule has 1 aliphatic heterocycles. The molecule has 8 nitrogen and oxygen atoms in total. The number of benzene rings is 1. The first kappa shape index (κ1) is 13.0. The van der Waals surface area contributed by atoms with Crippen molar-refractivity contribution in [2.24, 2.45) is 0 Å². The molecule has 0 radical (unpaired) electrons. The Morgan fingerprint density at radius 2 is 1.95 bits per heavy atom. The first-order valence-corrected chi connectivity index (χ1v) is 7.08. The highest BCUT2D eigenvalue weighted by atomic mass is 16.3. The Balaban J connectivity index is 1.68. The summed E-state index contributed by atoms with van der Waals surface area (Å²) < 4.78 is 1.63. The Bertz CT molecular complexity index is 814. The highest BCUT2D eigenvalue weighted by molar-refractivity contribution is 5.71. The lowest BCUT2D eigenvalue weighted by Crippen LogP contribution is -2.20. The van der Waals surface area contributed by atoms with E-state index < -0.39 is 0 Å². The van der Waals surface area contributed by atoms with Gasteiger partial charge in [0.15, 0.2) is 11.2 Å². The molecule has 1 saturated heterocycles. The molecular weight excluding hydrogens is 282 g/mol. The van der Waals surface area contributed by atoms with E-state index in [9.17, 15) is 5.11 Å².